The molecule has 0 aliphatic heterocycles. The van der Waals surface area contributed by atoms with Gasteiger partial charge in [-0.3, -0.25) is 9.00 Å². The molecule has 0 aliphatic carbocycles. The van der Waals surface area contributed by atoms with E-state index in [0.29, 0.717) is 5.56 Å². The van der Waals surface area contributed by atoms with E-state index in [0.717, 1.165) is 6.07 Å². The van der Waals surface area contributed by atoms with Crippen LogP contribution in [0.5, 0.6) is 0 Å². The normalized spacial score (nSPS) is 12.4. The zero-order valence-electron chi connectivity index (χ0n) is 7.57. The third-order valence-corrected chi connectivity index (χ3v) is 3.18. The Balaban J connectivity index is 2.76. The van der Waals surface area contributed by atoms with Crippen LogP contribution in [0.1, 0.15) is 5.56 Å². The first-order valence-corrected chi connectivity index (χ1v) is 5.86. The summed E-state index contributed by atoms with van der Waals surface area (Å²) in [6, 6.07) is 3.69. The van der Waals surface area contributed by atoms with E-state index in [9.17, 15) is 13.4 Å². The van der Waals surface area contributed by atoms with Gasteiger partial charge in [-0.15, -0.1) is 0 Å². The summed E-state index contributed by atoms with van der Waals surface area (Å²) in [5.74, 6) is -2.15. The van der Waals surface area contributed by atoms with Gasteiger partial charge in [0.1, 0.15) is 11.6 Å². The third-order valence-electron chi connectivity index (χ3n) is 1.61. The van der Waals surface area contributed by atoms with Crippen LogP contribution >= 0.6 is 11.6 Å². The fraction of sp³-hybridized carbons (Fsp3) is 0.222. The van der Waals surface area contributed by atoms with Gasteiger partial charge in [-0.1, -0.05) is 11.6 Å². The average Bonchev–Trinajstić information content (AvgIpc) is 2.10. The van der Waals surface area contributed by atoms with Gasteiger partial charge in [-0.05, 0) is 23.8 Å². The zero-order valence-corrected chi connectivity index (χ0v) is 9.15. The second kappa shape index (κ2) is 5.23. The first-order valence-electron chi connectivity index (χ1n) is 3.99. The molecule has 1 unspecified atom stereocenters. The summed E-state index contributed by atoms with van der Waals surface area (Å²) >= 11 is 5.73. The number of benzene rings is 1. The van der Waals surface area contributed by atoms with Crippen LogP contribution in [0, 0.1) is 5.82 Å². The molecule has 1 rings (SSSR count). The monoisotopic (exact) mass is 250 g/mol. The fourth-order valence-electron chi connectivity index (χ4n) is 1.02. The minimum atomic E-state index is -1.57. The molecule has 0 spiro atoms. The molecule has 3 nitrogen and oxygen atoms in total. The lowest BCUT2D eigenvalue weighted by molar-refractivity contribution is -0.133. The Morgan fingerprint density at radius 1 is 1.53 bits per heavy atom. The fourth-order valence-corrected chi connectivity index (χ4v) is 2.24. The van der Waals surface area contributed by atoms with Crippen molar-refractivity contribution in [2.24, 2.45) is 0 Å². The van der Waals surface area contributed by atoms with Gasteiger partial charge in [0.05, 0.1) is 5.75 Å². The number of carboxylic acids is 1. The van der Waals surface area contributed by atoms with Crippen molar-refractivity contribution in [3.05, 3.63) is 34.6 Å². The molecule has 1 atom stereocenters. The van der Waals surface area contributed by atoms with E-state index < -0.39 is 28.3 Å². The van der Waals surface area contributed by atoms with Gasteiger partial charge in [-0.25, -0.2) is 4.39 Å². The highest BCUT2D eigenvalue weighted by Crippen LogP contribution is 2.18. The van der Waals surface area contributed by atoms with E-state index in [4.69, 9.17) is 16.7 Å². The molecule has 15 heavy (non-hydrogen) atoms. The Labute approximate surface area is 93.3 Å². The third kappa shape index (κ3) is 3.97. The van der Waals surface area contributed by atoms with E-state index in [-0.39, 0.29) is 10.8 Å². The molecule has 0 aromatic heterocycles. The Morgan fingerprint density at radius 2 is 2.20 bits per heavy atom. The lowest BCUT2D eigenvalue weighted by Gasteiger charge is -2.03. The first kappa shape index (κ1) is 12.1. The van der Waals surface area contributed by atoms with Gasteiger partial charge in [-0.2, -0.15) is 0 Å². The molecule has 0 bridgehead atoms. The lowest BCUT2D eigenvalue weighted by atomic mass is 10.2. The van der Waals surface area contributed by atoms with Crippen molar-refractivity contribution in [1.82, 2.24) is 0 Å². The molecule has 82 valence electrons. The highest BCUT2D eigenvalue weighted by Gasteiger charge is 2.10. The Hall–Kier alpha value is -0.940. The average molecular weight is 251 g/mol. The van der Waals surface area contributed by atoms with Gasteiger partial charge >= 0.3 is 5.97 Å². The van der Waals surface area contributed by atoms with Crippen LogP contribution in [0.2, 0.25) is 5.02 Å². The Bertz CT molecular complexity index is 408. The molecule has 1 aromatic carbocycles. The topological polar surface area (TPSA) is 54.4 Å². The second-order valence-electron chi connectivity index (χ2n) is 2.86. The van der Waals surface area contributed by atoms with E-state index in [1.54, 1.807) is 0 Å². The van der Waals surface area contributed by atoms with Crippen LogP contribution in [0.15, 0.2) is 18.2 Å². The molecular formula is C9H8ClFO3S. The number of carbonyl (C=O) groups is 1. The maximum Gasteiger partial charge on any atom is 0.316 e. The van der Waals surface area contributed by atoms with Crippen LogP contribution in [0.3, 0.4) is 0 Å². The van der Waals surface area contributed by atoms with Gasteiger partial charge in [0.2, 0.25) is 0 Å². The predicted molar refractivity (Wildman–Crippen MR) is 55.8 cm³/mol. The summed E-state index contributed by atoms with van der Waals surface area (Å²) in [5.41, 5.74) is 0.358. The SMILES string of the molecule is O=C(O)CS(=O)Cc1cc(F)ccc1Cl. The maximum atomic E-state index is 12.8. The minimum Gasteiger partial charge on any atom is -0.481 e. The van der Waals surface area contributed by atoms with Crippen LogP contribution in [-0.4, -0.2) is 21.0 Å². The van der Waals surface area contributed by atoms with Crippen molar-refractivity contribution in [2.75, 3.05) is 5.75 Å². The lowest BCUT2D eigenvalue weighted by Crippen LogP contribution is -2.10. The molecular weight excluding hydrogens is 243 g/mol. The van der Waals surface area contributed by atoms with Gasteiger partial charge < -0.3 is 5.11 Å². The molecule has 0 amide bonds. The second-order valence-corrected chi connectivity index (χ2v) is 4.72. The van der Waals surface area contributed by atoms with E-state index in [1.165, 1.54) is 12.1 Å². The molecule has 0 saturated heterocycles. The van der Waals surface area contributed by atoms with Crippen LogP contribution < -0.4 is 0 Å². The molecule has 0 aliphatic rings. The van der Waals surface area contributed by atoms with Crippen molar-refractivity contribution >= 4 is 28.4 Å². The molecule has 1 N–H and O–H groups in total. The minimum absolute atomic E-state index is 0.0527. The number of hydrogen-bond donors (Lipinski definition) is 1. The molecule has 0 radical (unpaired) electrons. The molecule has 6 heteroatoms. The zero-order chi connectivity index (χ0) is 11.4. The smallest absolute Gasteiger partial charge is 0.316 e. The van der Waals surface area contributed by atoms with E-state index in [2.05, 4.69) is 0 Å². The van der Waals surface area contributed by atoms with E-state index in [1.807, 2.05) is 0 Å². The Kier molecular flexibility index (Phi) is 4.23. The largest absolute Gasteiger partial charge is 0.481 e. The number of rotatable bonds is 4. The molecule has 0 fully saturated rings. The number of halogens is 2. The van der Waals surface area contributed by atoms with Crippen molar-refractivity contribution in [3.63, 3.8) is 0 Å². The summed E-state index contributed by atoms with van der Waals surface area (Å²) < 4.78 is 24.0. The summed E-state index contributed by atoms with van der Waals surface area (Å²) in [4.78, 5) is 10.3. The van der Waals surface area contributed by atoms with Crippen molar-refractivity contribution in [2.45, 2.75) is 5.75 Å². The van der Waals surface area contributed by atoms with Crippen LogP contribution in [0.4, 0.5) is 4.39 Å². The quantitative estimate of drug-likeness (QED) is 0.887. The summed E-state index contributed by atoms with van der Waals surface area (Å²) in [6.07, 6.45) is 0. The molecule has 0 saturated carbocycles. The Morgan fingerprint density at radius 3 is 2.80 bits per heavy atom. The van der Waals surface area contributed by atoms with Crippen molar-refractivity contribution in [3.8, 4) is 0 Å². The van der Waals surface area contributed by atoms with Gasteiger partial charge in [0.15, 0.2) is 0 Å². The summed E-state index contributed by atoms with van der Waals surface area (Å²) in [5, 5.41) is 8.67. The van der Waals surface area contributed by atoms with Crippen LogP contribution in [-0.2, 0) is 21.3 Å². The predicted octanol–water partition coefficient (Wildman–Crippen LogP) is 1.81. The standard InChI is InChI=1S/C9H8ClFO3S/c10-8-2-1-7(11)3-6(8)4-15(14)5-9(12)13/h1-3H,4-5H2,(H,12,13). The summed E-state index contributed by atoms with van der Waals surface area (Å²) in [6.45, 7) is 0. The van der Waals surface area contributed by atoms with Gasteiger partial charge in [0, 0.05) is 15.8 Å². The highest BCUT2D eigenvalue weighted by molar-refractivity contribution is 7.84. The number of carboxylic acid groups (broad SMARTS) is 1. The van der Waals surface area contributed by atoms with Crippen molar-refractivity contribution in [1.29, 1.82) is 0 Å². The number of hydrogen-bond acceptors (Lipinski definition) is 2. The van der Waals surface area contributed by atoms with Gasteiger partial charge in [0.25, 0.3) is 0 Å². The summed E-state index contributed by atoms with van der Waals surface area (Å²) in [7, 11) is -1.57. The molecule has 0 heterocycles. The van der Waals surface area contributed by atoms with E-state index >= 15 is 0 Å². The maximum absolute atomic E-state index is 12.8. The first-order chi connectivity index (χ1) is 6.99. The number of aliphatic carboxylic acids is 1. The van der Waals surface area contributed by atoms with Crippen LogP contribution in [0.25, 0.3) is 0 Å². The molecule has 1 aromatic rings. The highest BCUT2D eigenvalue weighted by atomic mass is 35.5. The van der Waals surface area contributed by atoms with Crippen molar-refractivity contribution < 1.29 is 18.5 Å².